The van der Waals surface area contributed by atoms with Crippen LogP contribution in [0.15, 0.2) is 85.7 Å². The summed E-state index contributed by atoms with van der Waals surface area (Å²) in [6.45, 7) is 2.21. The number of nitrogens with zero attached hydrogens (tertiary/aromatic N) is 4. The Kier molecular flexibility index (Phi) is 5.32. The maximum absolute atomic E-state index is 14.5. The standard InChI is InChI=1S/C25H20FN5O2/c1-17-5-4-11-30-14-19(28-24(17)30)15-33-23-7-3-2-6-20(23)25(32)29-18-8-9-22(21(26)13-18)31-12-10-27-16-31/h2-14,16H,15H2,1H3,(H,29,32). The summed E-state index contributed by atoms with van der Waals surface area (Å²) in [5.41, 5.74) is 3.70. The van der Waals surface area contributed by atoms with Gasteiger partial charge in [-0.25, -0.2) is 14.4 Å². The van der Waals surface area contributed by atoms with Gasteiger partial charge in [-0.15, -0.1) is 0 Å². The summed E-state index contributed by atoms with van der Waals surface area (Å²) in [4.78, 5) is 21.4. The average molecular weight is 441 g/mol. The number of aryl methyl sites for hydroxylation is 1. The van der Waals surface area contributed by atoms with E-state index in [2.05, 4.69) is 15.3 Å². The molecule has 1 amide bonds. The van der Waals surface area contributed by atoms with E-state index < -0.39 is 11.7 Å². The number of anilines is 1. The van der Waals surface area contributed by atoms with Crippen molar-refractivity contribution in [2.75, 3.05) is 5.32 Å². The van der Waals surface area contributed by atoms with Crippen molar-refractivity contribution in [2.45, 2.75) is 13.5 Å². The maximum Gasteiger partial charge on any atom is 0.259 e. The van der Waals surface area contributed by atoms with Gasteiger partial charge in [-0.1, -0.05) is 18.2 Å². The van der Waals surface area contributed by atoms with Gasteiger partial charge in [0.25, 0.3) is 5.91 Å². The van der Waals surface area contributed by atoms with Gasteiger partial charge in [-0.05, 0) is 48.9 Å². The van der Waals surface area contributed by atoms with Crippen LogP contribution in [-0.2, 0) is 6.61 Å². The second-order valence-electron chi connectivity index (χ2n) is 7.53. The summed E-state index contributed by atoms with van der Waals surface area (Å²) >= 11 is 0. The van der Waals surface area contributed by atoms with E-state index in [0.29, 0.717) is 22.7 Å². The number of hydrogen-bond acceptors (Lipinski definition) is 4. The largest absolute Gasteiger partial charge is 0.486 e. The number of carbonyl (C=O) groups excluding carboxylic acids is 1. The molecule has 3 heterocycles. The second kappa shape index (κ2) is 8.58. The molecule has 5 rings (SSSR count). The summed E-state index contributed by atoms with van der Waals surface area (Å²) < 4.78 is 24.0. The van der Waals surface area contributed by atoms with Crippen LogP contribution in [0.2, 0.25) is 0 Å². The number of imidazole rings is 2. The highest BCUT2D eigenvalue weighted by molar-refractivity contribution is 6.06. The van der Waals surface area contributed by atoms with Crippen LogP contribution >= 0.6 is 0 Å². The SMILES string of the molecule is Cc1cccn2cc(COc3ccccc3C(=O)Nc3ccc(-n4ccnc4)c(F)c3)nc12. The predicted octanol–water partition coefficient (Wildman–Crippen LogP) is 4.80. The molecule has 164 valence electrons. The van der Waals surface area contributed by atoms with Gasteiger partial charge in [0.05, 0.1) is 23.3 Å². The van der Waals surface area contributed by atoms with E-state index in [1.165, 1.54) is 12.4 Å². The Morgan fingerprint density at radius 1 is 1.12 bits per heavy atom. The molecule has 8 heteroatoms. The molecule has 0 bridgehead atoms. The number of halogens is 1. The van der Waals surface area contributed by atoms with Crippen LogP contribution in [0.3, 0.4) is 0 Å². The van der Waals surface area contributed by atoms with Crippen molar-refractivity contribution in [3.8, 4) is 11.4 Å². The number of fused-ring (bicyclic) bond motifs is 1. The van der Waals surface area contributed by atoms with E-state index in [4.69, 9.17) is 4.74 Å². The number of carbonyl (C=O) groups is 1. The van der Waals surface area contributed by atoms with Crippen molar-refractivity contribution in [2.24, 2.45) is 0 Å². The molecule has 2 aromatic carbocycles. The maximum atomic E-state index is 14.5. The van der Waals surface area contributed by atoms with E-state index in [-0.39, 0.29) is 6.61 Å². The van der Waals surface area contributed by atoms with Crippen LogP contribution < -0.4 is 10.1 Å². The van der Waals surface area contributed by atoms with Crippen LogP contribution in [-0.4, -0.2) is 24.8 Å². The molecule has 1 N–H and O–H groups in total. The highest BCUT2D eigenvalue weighted by atomic mass is 19.1. The molecule has 3 aromatic heterocycles. The number of amides is 1. The Bertz CT molecular complexity index is 1440. The lowest BCUT2D eigenvalue weighted by Gasteiger charge is -2.12. The minimum atomic E-state index is -0.475. The molecular weight excluding hydrogens is 421 g/mol. The summed E-state index contributed by atoms with van der Waals surface area (Å²) in [6.07, 6.45) is 8.55. The number of benzene rings is 2. The topological polar surface area (TPSA) is 73.5 Å². The fraction of sp³-hybridized carbons (Fsp3) is 0.0800. The van der Waals surface area contributed by atoms with Gasteiger partial charge in [0.2, 0.25) is 0 Å². The normalized spacial score (nSPS) is 11.0. The smallest absolute Gasteiger partial charge is 0.259 e. The number of ether oxygens (including phenoxy) is 1. The first-order chi connectivity index (χ1) is 16.1. The third-order valence-corrected chi connectivity index (χ3v) is 5.22. The molecule has 33 heavy (non-hydrogen) atoms. The van der Waals surface area contributed by atoms with Crippen molar-refractivity contribution in [1.29, 1.82) is 0 Å². The summed E-state index contributed by atoms with van der Waals surface area (Å²) in [6, 6.07) is 15.4. The van der Waals surface area contributed by atoms with Gasteiger partial charge in [0, 0.05) is 30.5 Å². The third kappa shape index (κ3) is 4.18. The minimum absolute atomic E-state index is 0.208. The summed E-state index contributed by atoms with van der Waals surface area (Å²) in [5, 5.41) is 2.74. The summed E-state index contributed by atoms with van der Waals surface area (Å²) in [5.74, 6) is -0.456. The number of hydrogen-bond donors (Lipinski definition) is 1. The number of nitrogens with one attached hydrogen (secondary N) is 1. The molecular formula is C25H20FN5O2. The van der Waals surface area contributed by atoms with Crippen molar-refractivity contribution < 1.29 is 13.9 Å². The van der Waals surface area contributed by atoms with Gasteiger partial charge in [-0.3, -0.25) is 4.79 Å². The first-order valence-electron chi connectivity index (χ1n) is 10.3. The highest BCUT2D eigenvalue weighted by Crippen LogP contribution is 2.23. The minimum Gasteiger partial charge on any atom is -0.486 e. The van der Waals surface area contributed by atoms with Crippen molar-refractivity contribution in [1.82, 2.24) is 18.9 Å². The molecule has 5 aromatic rings. The zero-order chi connectivity index (χ0) is 22.8. The van der Waals surface area contributed by atoms with Gasteiger partial charge >= 0.3 is 0 Å². The molecule has 0 aliphatic heterocycles. The molecule has 0 radical (unpaired) electrons. The molecule has 0 fully saturated rings. The number of pyridine rings is 1. The van der Waals surface area contributed by atoms with Gasteiger partial charge in [-0.2, -0.15) is 0 Å². The Labute approximate surface area is 189 Å². The Morgan fingerprint density at radius 3 is 2.79 bits per heavy atom. The Balaban J connectivity index is 1.32. The van der Waals surface area contributed by atoms with E-state index in [1.54, 1.807) is 53.4 Å². The monoisotopic (exact) mass is 441 g/mol. The molecule has 0 saturated heterocycles. The lowest BCUT2D eigenvalue weighted by molar-refractivity contribution is 0.102. The quantitative estimate of drug-likeness (QED) is 0.411. The van der Waals surface area contributed by atoms with Crippen LogP contribution in [0.5, 0.6) is 5.75 Å². The van der Waals surface area contributed by atoms with Crippen LogP contribution in [0.25, 0.3) is 11.3 Å². The molecule has 0 unspecified atom stereocenters. The van der Waals surface area contributed by atoms with E-state index in [1.807, 2.05) is 35.9 Å². The molecule has 0 aliphatic carbocycles. The molecule has 7 nitrogen and oxygen atoms in total. The molecule has 0 aliphatic rings. The first kappa shape index (κ1) is 20.4. The zero-order valence-electron chi connectivity index (χ0n) is 17.8. The lowest BCUT2D eigenvalue weighted by atomic mass is 10.1. The van der Waals surface area contributed by atoms with Crippen LogP contribution in [0.4, 0.5) is 10.1 Å². The van der Waals surface area contributed by atoms with Crippen LogP contribution in [0, 0.1) is 12.7 Å². The Morgan fingerprint density at radius 2 is 2.00 bits per heavy atom. The van der Waals surface area contributed by atoms with Gasteiger partial charge < -0.3 is 19.0 Å². The molecule has 0 atom stereocenters. The van der Waals surface area contributed by atoms with Crippen molar-refractivity contribution in [3.05, 3.63) is 108 Å². The van der Waals surface area contributed by atoms with Gasteiger partial charge in [0.1, 0.15) is 23.8 Å². The second-order valence-corrected chi connectivity index (χ2v) is 7.53. The first-order valence-corrected chi connectivity index (χ1v) is 10.3. The fourth-order valence-corrected chi connectivity index (χ4v) is 3.60. The number of rotatable bonds is 6. The zero-order valence-corrected chi connectivity index (χ0v) is 17.8. The van der Waals surface area contributed by atoms with Gasteiger partial charge in [0.15, 0.2) is 0 Å². The number of aromatic nitrogens is 4. The van der Waals surface area contributed by atoms with E-state index in [9.17, 15) is 9.18 Å². The number of para-hydroxylation sites is 1. The fourth-order valence-electron chi connectivity index (χ4n) is 3.60. The highest BCUT2D eigenvalue weighted by Gasteiger charge is 2.15. The molecule has 0 spiro atoms. The van der Waals surface area contributed by atoms with Crippen molar-refractivity contribution in [3.63, 3.8) is 0 Å². The van der Waals surface area contributed by atoms with E-state index >= 15 is 0 Å². The molecule has 0 saturated carbocycles. The van der Waals surface area contributed by atoms with E-state index in [0.717, 1.165) is 16.9 Å². The van der Waals surface area contributed by atoms with Crippen molar-refractivity contribution >= 4 is 17.2 Å². The lowest BCUT2D eigenvalue weighted by Crippen LogP contribution is -2.14. The third-order valence-electron chi connectivity index (χ3n) is 5.22. The summed E-state index contributed by atoms with van der Waals surface area (Å²) in [7, 11) is 0. The average Bonchev–Trinajstić information content (AvgIpc) is 3.49. The Hall–Kier alpha value is -4.46. The van der Waals surface area contributed by atoms with Crippen LogP contribution in [0.1, 0.15) is 21.6 Å². The predicted molar refractivity (Wildman–Crippen MR) is 122 cm³/mol.